The topological polar surface area (TPSA) is 69.6 Å². The molecule has 0 aliphatic carbocycles. The molecule has 1 saturated heterocycles. The number of nitrogens with zero attached hydrogens (tertiary/aromatic N) is 5. The van der Waals surface area contributed by atoms with Crippen molar-refractivity contribution in [1.29, 1.82) is 0 Å². The molecule has 0 radical (unpaired) electrons. The summed E-state index contributed by atoms with van der Waals surface area (Å²) in [7, 11) is 0. The molecule has 2 amide bonds. The van der Waals surface area contributed by atoms with Gasteiger partial charge in [-0.05, 0) is 43.9 Å². The maximum atomic E-state index is 13.1. The van der Waals surface area contributed by atoms with Crippen LogP contribution < -0.4 is 4.90 Å². The van der Waals surface area contributed by atoms with Gasteiger partial charge in [0.05, 0.1) is 5.56 Å². The molecule has 37 heavy (non-hydrogen) atoms. The molecule has 0 unspecified atom stereocenters. The van der Waals surface area contributed by atoms with Gasteiger partial charge in [-0.15, -0.1) is 0 Å². The molecule has 3 heterocycles. The average Bonchev–Trinajstić information content (AvgIpc) is 2.93. The molecule has 7 heteroatoms. The van der Waals surface area contributed by atoms with Crippen molar-refractivity contribution in [3.8, 4) is 0 Å². The first kappa shape index (κ1) is 27.2. The molecule has 0 bridgehead atoms. The molecule has 4 rings (SSSR count). The normalized spacial score (nSPS) is 19.0. The maximum Gasteiger partial charge on any atom is 0.256 e. The summed E-state index contributed by atoms with van der Waals surface area (Å²) >= 11 is 0. The lowest BCUT2D eigenvalue weighted by Gasteiger charge is -2.39. The van der Waals surface area contributed by atoms with Crippen molar-refractivity contribution in [2.24, 2.45) is 0 Å². The van der Waals surface area contributed by atoms with Crippen LogP contribution in [0.4, 0.5) is 5.69 Å². The largest absolute Gasteiger partial charge is 0.338 e. The van der Waals surface area contributed by atoms with E-state index in [-0.39, 0.29) is 17.7 Å². The Morgan fingerprint density at radius 3 is 2.14 bits per heavy atom. The fraction of sp³-hybridized carbons (Fsp3) is 0.600. The average molecular weight is 506 g/mol. The quantitative estimate of drug-likeness (QED) is 0.558. The van der Waals surface area contributed by atoms with Crippen molar-refractivity contribution in [3.05, 3.63) is 53.6 Å². The van der Waals surface area contributed by atoms with Crippen LogP contribution in [0.2, 0.25) is 0 Å². The predicted octanol–water partition coefficient (Wildman–Crippen LogP) is 5.41. The zero-order chi connectivity index (χ0) is 26.2. The van der Waals surface area contributed by atoms with E-state index in [0.29, 0.717) is 11.6 Å². The molecule has 1 aromatic carbocycles. The lowest BCUT2D eigenvalue weighted by atomic mass is 10.00. The minimum Gasteiger partial charge on any atom is -0.338 e. The number of anilines is 1. The summed E-state index contributed by atoms with van der Waals surface area (Å²) in [6, 6.07) is 8.83. The number of likely N-dealkylation sites (tertiary alicyclic amines) is 1. The van der Waals surface area contributed by atoms with Gasteiger partial charge in [0.2, 0.25) is 5.91 Å². The number of hydrogen-bond donors (Lipinski definition) is 0. The lowest BCUT2D eigenvalue weighted by Crippen LogP contribution is -2.47. The molecular weight excluding hydrogens is 462 g/mol. The van der Waals surface area contributed by atoms with Crippen LogP contribution in [0.1, 0.15) is 99.8 Å². The molecule has 0 N–H and O–H groups in total. The molecule has 2 aliphatic heterocycles. The number of para-hydroxylation sites is 1. The summed E-state index contributed by atoms with van der Waals surface area (Å²) in [5.74, 6) is 1.16. The molecule has 7 nitrogen and oxygen atoms in total. The minimum atomic E-state index is 0.0288. The number of benzene rings is 1. The van der Waals surface area contributed by atoms with Gasteiger partial charge in [0, 0.05) is 63.1 Å². The number of piperidine rings is 1. The predicted molar refractivity (Wildman–Crippen MR) is 148 cm³/mol. The Morgan fingerprint density at radius 2 is 1.49 bits per heavy atom. The molecule has 1 aromatic heterocycles. The zero-order valence-electron chi connectivity index (χ0n) is 22.9. The van der Waals surface area contributed by atoms with Gasteiger partial charge >= 0.3 is 0 Å². The first-order valence-corrected chi connectivity index (χ1v) is 14.2. The second-order valence-corrected chi connectivity index (χ2v) is 10.9. The number of fused-ring (bicyclic) bond motifs is 1. The molecule has 1 fully saturated rings. The van der Waals surface area contributed by atoms with E-state index in [1.807, 2.05) is 15.9 Å². The first-order valence-electron chi connectivity index (χ1n) is 14.2. The van der Waals surface area contributed by atoms with Crippen LogP contribution in [0.5, 0.6) is 0 Å². The minimum absolute atomic E-state index is 0.0288. The van der Waals surface area contributed by atoms with E-state index in [4.69, 9.17) is 0 Å². The Balaban J connectivity index is 1.46. The summed E-state index contributed by atoms with van der Waals surface area (Å²) in [6.07, 6.45) is 12.4. The second-order valence-electron chi connectivity index (χ2n) is 10.9. The van der Waals surface area contributed by atoms with Crippen LogP contribution in [0.15, 0.2) is 36.7 Å². The van der Waals surface area contributed by atoms with Crippen molar-refractivity contribution >= 4 is 17.5 Å². The van der Waals surface area contributed by atoms with E-state index >= 15 is 0 Å². The number of carbonyl (C=O) groups excluding carboxylic acids is 2. The Kier molecular flexibility index (Phi) is 9.67. The Morgan fingerprint density at radius 1 is 0.865 bits per heavy atom. The third-order valence-corrected chi connectivity index (χ3v) is 7.82. The third kappa shape index (κ3) is 7.16. The summed E-state index contributed by atoms with van der Waals surface area (Å²) < 4.78 is 0. The van der Waals surface area contributed by atoms with Crippen molar-refractivity contribution in [1.82, 2.24) is 19.8 Å². The van der Waals surface area contributed by atoms with E-state index in [2.05, 4.69) is 46.9 Å². The molecule has 0 atom stereocenters. The van der Waals surface area contributed by atoms with Crippen LogP contribution >= 0.6 is 0 Å². The van der Waals surface area contributed by atoms with E-state index in [1.165, 1.54) is 37.7 Å². The number of carbonyl (C=O) groups is 2. The van der Waals surface area contributed by atoms with E-state index in [0.717, 1.165) is 63.5 Å². The standard InChI is InChI=1S/C30H43N5O2/c1-23(2)29-31-20-26(21-32-29)30(37)33-18-14-27(15-19-33)34-16-10-6-4-5-7-11-17-35(24(3)36)28-13-9-8-12-25(28)22-34/h8-9,12-13,20-21,23,27H,4-7,10-11,14-19,22H2,1-3H3. The molecular formula is C30H43N5O2. The molecule has 0 saturated carbocycles. The van der Waals surface area contributed by atoms with Crippen LogP contribution in [0.25, 0.3) is 0 Å². The smallest absolute Gasteiger partial charge is 0.256 e. The highest BCUT2D eigenvalue weighted by atomic mass is 16.2. The summed E-state index contributed by atoms with van der Waals surface area (Å²) in [6.45, 7) is 9.95. The molecule has 0 spiro atoms. The van der Waals surface area contributed by atoms with Gasteiger partial charge in [0.15, 0.2) is 0 Å². The lowest BCUT2D eigenvalue weighted by molar-refractivity contribution is -0.116. The Bertz CT molecular complexity index is 1030. The molecule has 2 aromatic rings. The first-order chi connectivity index (χ1) is 17.9. The van der Waals surface area contributed by atoms with Gasteiger partial charge in [-0.2, -0.15) is 0 Å². The van der Waals surface area contributed by atoms with Crippen LogP contribution in [0, 0.1) is 0 Å². The van der Waals surface area contributed by atoms with E-state index in [1.54, 1.807) is 19.3 Å². The molecule has 200 valence electrons. The fourth-order valence-electron chi connectivity index (χ4n) is 5.62. The highest BCUT2D eigenvalue weighted by Crippen LogP contribution is 2.27. The number of rotatable bonds is 3. The van der Waals surface area contributed by atoms with Crippen molar-refractivity contribution in [3.63, 3.8) is 0 Å². The summed E-state index contributed by atoms with van der Waals surface area (Å²) in [5.41, 5.74) is 2.85. The van der Waals surface area contributed by atoms with Gasteiger partial charge in [-0.3, -0.25) is 14.5 Å². The third-order valence-electron chi connectivity index (χ3n) is 7.82. The SMILES string of the molecule is CC(=O)N1CCCCCCCCN(C2CCN(C(=O)c3cnc(C(C)C)nc3)CC2)Cc2ccccc21. The highest BCUT2D eigenvalue weighted by Gasteiger charge is 2.29. The van der Waals surface area contributed by atoms with Crippen LogP contribution in [-0.4, -0.2) is 63.8 Å². The van der Waals surface area contributed by atoms with Crippen molar-refractivity contribution < 1.29 is 9.59 Å². The zero-order valence-corrected chi connectivity index (χ0v) is 22.9. The van der Waals surface area contributed by atoms with Gasteiger partial charge in [0.25, 0.3) is 5.91 Å². The van der Waals surface area contributed by atoms with Gasteiger partial charge < -0.3 is 9.80 Å². The Hall–Kier alpha value is -2.80. The number of aromatic nitrogens is 2. The van der Waals surface area contributed by atoms with E-state index < -0.39 is 0 Å². The maximum absolute atomic E-state index is 13.1. The second kappa shape index (κ2) is 13.1. The number of hydrogen-bond acceptors (Lipinski definition) is 5. The number of amides is 2. The van der Waals surface area contributed by atoms with Gasteiger partial charge in [-0.25, -0.2) is 9.97 Å². The summed E-state index contributed by atoms with van der Waals surface area (Å²) in [4.78, 5) is 41.0. The molecule has 2 aliphatic rings. The monoisotopic (exact) mass is 505 g/mol. The highest BCUT2D eigenvalue weighted by molar-refractivity contribution is 5.93. The van der Waals surface area contributed by atoms with Crippen molar-refractivity contribution in [2.45, 2.75) is 90.6 Å². The van der Waals surface area contributed by atoms with Gasteiger partial charge in [-0.1, -0.05) is 57.7 Å². The van der Waals surface area contributed by atoms with Crippen molar-refractivity contribution in [2.75, 3.05) is 31.1 Å². The Labute approximate surface area is 222 Å². The van der Waals surface area contributed by atoms with Crippen LogP contribution in [-0.2, 0) is 11.3 Å². The fourth-order valence-corrected chi connectivity index (χ4v) is 5.62. The van der Waals surface area contributed by atoms with Crippen LogP contribution in [0.3, 0.4) is 0 Å². The van der Waals surface area contributed by atoms with E-state index in [9.17, 15) is 9.59 Å². The summed E-state index contributed by atoms with van der Waals surface area (Å²) in [5, 5.41) is 0. The van der Waals surface area contributed by atoms with Gasteiger partial charge in [0.1, 0.15) is 5.82 Å².